The van der Waals surface area contributed by atoms with E-state index >= 15 is 0 Å². The molecular weight excluding hydrogens is 266 g/mol. The van der Waals surface area contributed by atoms with E-state index in [2.05, 4.69) is 15.3 Å². The smallest absolute Gasteiger partial charge is 0.240 e. The van der Waals surface area contributed by atoms with Crippen molar-refractivity contribution >= 4 is 17.5 Å². The fraction of sp³-hybridized carbons (Fsp3) is 0.267. The molecule has 1 aromatic carbocycles. The van der Waals surface area contributed by atoms with E-state index in [1.807, 2.05) is 44.2 Å². The lowest BCUT2D eigenvalue weighted by Gasteiger charge is -2.19. The third kappa shape index (κ3) is 3.68. The van der Waals surface area contributed by atoms with Crippen molar-refractivity contribution in [2.75, 3.05) is 11.1 Å². The number of primary amides is 1. The van der Waals surface area contributed by atoms with E-state index in [1.54, 1.807) is 6.07 Å². The number of rotatable bonds is 5. The van der Waals surface area contributed by atoms with E-state index in [0.29, 0.717) is 17.5 Å². The predicted octanol–water partition coefficient (Wildman–Crippen LogP) is 1.65. The third-order valence-electron chi connectivity index (χ3n) is 3.05. The number of carbonyl (C=O) groups is 1. The molecule has 0 radical (unpaired) electrons. The molecule has 1 atom stereocenters. The summed E-state index contributed by atoms with van der Waals surface area (Å²) in [5.74, 6) is 0.935. The van der Waals surface area contributed by atoms with Crippen LogP contribution in [0.2, 0.25) is 0 Å². The van der Waals surface area contributed by atoms with Gasteiger partial charge in [0.25, 0.3) is 0 Å². The summed E-state index contributed by atoms with van der Waals surface area (Å²) in [4.78, 5) is 20.1. The van der Waals surface area contributed by atoms with Crippen LogP contribution in [0.1, 0.15) is 13.8 Å². The number of nitrogens with two attached hydrogens (primary N) is 2. The Balaban J connectivity index is 2.33. The van der Waals surface area contributed by atoms with Crippen molar-refractivity contribution in [1.82, 2.24) is 9.97 Å². The number of nitrogens with zero attached hydrogens (tertiary/aromatic N) is 2. The molecule has 0 spiro atoms. The van der Waals surface area contributed by atoms with Gasteiger partial charge in [-0.15, -0.1) is 0 Å². The van der Waals surface area contributed by atoms with Gasteiger partial charge < -0.3 is 16.8 Å². The van der Waals surface area contributed by atoms with Gasteiger partial charge in [0.1, 0.15) is 17.7 Å². The molecule has 0 bridgehead atoms. The van der Waals surface area contributed by atoms with Gasteiger partial charge in [-0.25, -0.2) is 9.97 Å². The molecule has 0 aliphatic rings. The van der Waals surface area contributed by atoms with Crippen molar-refractivity contribution in [2.45, 2.75) is 19.9 Å². The number of benzene rings is 1. The topological polar surface area (TPSA) is 107 Å². The zero-order valence-corrected chi connectivity index (χ0v) is 12.1. The highest BCUT2D eigenvalue weighted by molar-refractivity contribution is 5.83. The Hall–Kier alpha value is -2.63. The van der Waals surface area contributed by atoms with Gasteiger partial charge in [0.2, 0.25) is 5.91 Å². The minimum absolute atomic E-state index is 0.0406. The van der Waals surface area contributed by atoms with E-state index < -0.39 is 11.9 Å². The maximum absolute atomic E-state index is 11.5. The number of anilines is 2. The molecule has 1 amide bonds. The van der Waals surface area contributed by atoms with Crippen LogP contribution in [0.5, 0.6) is 0 Å². The second kappa shape index (κ2) is 6.21. The van der Waals surface area contributed by atoms with E-state index in [-0.39, 0.29) is 5.92 Å². The molecule has 2 aromatic rings. The van der Waals surface area contributed by atoms with Gasteiger partial charge >= 0.3 is 0 Å². The number of aromatic nitrogens is 2. The molecule has 1 unspecified atom stereocenters. The van der Waals surface area contributed by atoms with Crippen LogP contribution in [0.15, 0.2) is 36.4 Å². The molecule has 0 saturated heterocycles. The lowest BCUT2D eigenvalue weighted by Crippen LogP contribution is -2.39. The Kier molecular flexibility index (Phi) is 4.37. The Morgan fingerprint density at radius 1 is 1.19 bits per heavy atom. The second-order valence-electron chi connectivity index (χ2n) is 5.14. The van der Waals surface area contributed by atoms with E-state index in [4.69, 9.17) is 11.5 Å². The minimum atomic E-state index is -0.511. The summed E-state index contributed by atoms with van der Waals surface area (Å²) in [6.07, 6.45) is 0. The Morgan fingerprint density at radius 2 is 1.86 bits per heavy atom. The zero-order chi connectivity index (χ0) is 15.4. The van der Waals surface area contributed by atoms with Gasteiger partial charge in [-0.2, -0.15) is 0 Å². The SMILES string of the molecule is CC(C)C(Nc1cc(N)nc(-c2ccccc2)n1)C(N)=O. The monoisotopic (exact) mass is 285 g/mol. The number of hydrogen-bond acceptors (Lipinski definition) is 5. The number of hydrogen-bond donors (Lipinski definition) is 3. The van der Waals surface area contributed by atoms with Crippen LogP contribution >= 0.6 is 0 Å². The van der Waals surface area contributed by atoms with Crippen LogP contribution in [0, 0.1) is 5.92 Å². The maximum Gasteiger partial charge on any atom is 0.240 e. The first-order chi connectivity index (χ1) is 9.97. The second-order valence-corrected chi connectivity index (χ2v) is 5.14. The molecule has 0 saturated carbocycles. The summed E-state index contributed by atoms with van der Waals surface area (Å²) in [7, 11) is 0. The average Bonchev–Trinajstić information content (AvgIpc) is 2.44. The van der Waals surface area contributed by atoms with Gasteiger partial charge in [-0.3, -0.25) is 4.79 Å². The van der Waals surface area contributed by atoms with Crippen LogP contribution < -0.4 is 16.8 Å². The van der Waals surface area contributed by atoms with Crippen molar-refractivity contribution in [2.24, 2.45) is 11.7 Å². The maximum atomic E-state index is 11.5. The summed E-state index contributed by atoms with van der Waals surface area (Å²) in [6.45, 7) is 3.82. The Morgan fingerprint density at radius 3 is 2.43 bits per heavy atom. The van der Waals surface area contributed by atoms with Crippen LogP contribution in [0.3, 0.4) is 0 Å². The first kappa shape index (κ1) is 14.8. The van der Waals surface area contributed by atoms with Crippen LogP contribution in [-0.2, 0) is 4.79 Å². The standard InChI is InChI=1S/C15H19N5O/c1-9(2)13(14(17)21)19-12-8-11(16)18-15(20-12)10-6-4-3-5-7-10/h3-9,13H,1-2H3,(H2,17,21)(H3,16,18,19,20). The predicted molar refractivity (Wildman–Crippen MR) is 83.3 cm³/mol. The zero-order valence-electron chi connectivity index (χ0n) is 12.1. The quantitative estimate of drug-likeness (QED) is 0.774. The highest BCUT2D eigenvalue weighted by Crippen LogP contribution is 2.20. The lowest BCUT2D eigenvalue weighted by atomic mass is 10.0. The highest BCUT2D eigenvalue weighted by Gasteiger charge is 2.20. The molecular formula is C15H19N5O. The Bertz CT molecular complexity index is 627. The summed E-state index contributed by atoms with van der Waals surface area (Å²) in [5, 5.41) is 3.02. The fourth-order valence-electron chi connectivity index (χ4n) is 1.98. The molecule has 2 rings (SSSR count). The van der Waals surface area contributed by atoms with Gasteiger partial charge in [0, 0.05) is 11.6 Å². The lowest BCUT2D eigenvalue weighted by molar-refractivity contribution is -0.119. The summed E-state index contributed by atoms with van der Waals surface area (Å²) < 4.78 is 0. The summed E-state index contributed by atoms with van der Waals surface area (Å²) >= 11 is 0. The fourth-order valence-corrected chi connectivity index (χ4v) is 1.98. The largest absolute Gasteiger partial charge is 0.384 e. The first-order valence-electron chi connectivity index (χ1n) is 6.73. The first-order valence-corrected chi connectivity index (χ1v) is 6.73. The molecule has 6 heteroatoms. The summed E-state index contributed by atoms with van der Waals surface area (Å²) in [5.41, 5.74) is 12.1. The van der Waals surface area contributed by atoms with E-state index in [9.17, 15) is 4.79 Å². The van der Waals surface area contributed by atoms with Gasteiger partial charge in [0.05, 0.1) is 0 Å². The molecule has 21 heavy (non-hydrogen) atoms. The van der Waals surface area contributed by atoms with Gasteiger partial charge in [-0.1, -0.05) is 44.2 Å². The number of carbonyl (C=O) groups excluding carboxylic acids is 1. The highest BCUT2D eigenvalue weighted by atomic mass is 16.1. The van der Waals surface area contributed by atoms with Crippen molar-refractivity contribution in [3.05, 3.63) is 36.4 Å². The molecule has 0 aliphatic heterocycles. The molecule has 1 heterocycles. The van der Waals surface area contributed by atoms with E-state index in [0.717, 1.165) is 5.56 Å². The normalized spacial score (nSPS) is 12.1. The Labute approximate surface area is 123 Å². The van der Waals surface area contributed by atoms with Crippen LogP contribution in [-0.4, -0.2) is 21.9 Å². The number of nitrogen functional groups attached to an aromatic ring is 1. The molecule has 110 valence electrons. The van der Waals surface area contributed by atoms with Crippen molar-refractivity contribution in [3.63, 3.8) is 0 Å². The van der Waals surface area contributed by atoms with Crippen molar-refractivity contribution in [3.8, 4) is 11.4 Å². The summed E-state index contributed by atoms with van der Waals surface area (Å²) in [6, 6.07) is 10.6. The third-order valence-corrected chi connectivity index (χ3v) is 3.05. The molecule has 6 nitrogen and oxygen atoms in total. The van der Waals surface area contributed by atoms with Crippen LogP contribution in [0.25, 0.3) is 11.4 Å². The molecule has 0 fully saturated rings. The van der Waals surface area contributed by atoms with Crippen LogP contribution in [0.4, 0.5) is 11.6 Å². The van der Waals surface area contributed by atoms with Crippen molar-refractivity contribution in [1.29, 1.82) is 0 Å². The average molecular weight is 285 g/mol. The number of amides is 1. The minimum Gasteiger partial charge on any atom is -0.384 e. The molecule has 1 aromatic heterocycles. The number of nitrogens with one attached hydrogen (secondary N) is 1. The molecule has 5 N–H and O–H groups in total. The molecule has 0 aliphatic carbocycles. The van der Waals surface area contributed by atoms with E-state index in [1.165, 1.54) is 0 Å². The van der Waals surface area contributed by atoms with Crippen molar-refractivity contribution < 1.29 is 4.79 Å². The van der Waals surface area contributed by atoms with Gasteiger partial charge in [-0.05, 0) is 5.92 Å². The van der Waals surface area contributed by atoms with Gasteiger partial charge in [0.15, 0.2) is 5.82 Å².